The van der Waals surface area contributed by atoms with Crippen LogP contribution in [0.2, 0.25) is 0 Å². The van der Waals surface area contributed by atoms with E-state index < -0.39 is 0 Å². The summed E-state index contributed by atoms with van der Waals surface area (Å²) >= 11 is 4.78. The van der Waals surface area contributed by atoms with E-state index in [2.05, 4.69) is 21.0 Å². The summed E-state index contributed by atoms with van der Waals surface area (Å²) in [5.41, 5.74) is 0.926. The first-order valence-electron chi connectivity index (χ1n) is 4.44. The number of rotatable bonds is 3. The molecule has 5 heteroatoms. The van der Waals surface area contributed by atoms with Crippen LogP contribution in [0.3, 0.4) is 0 Å². The standard InChI is InChI=1S/C10H9BrN2OS/c1-7-4-5-13(12-7)6-8(14)9-2-3-10(11)15-9/h2-5H,6H2,1H3. The number of aryl methyl sites for hydroxylation is 1. The Balaban J connectivity index is 2.10. The van der Waals surface area contributed by atoms with Gasteiger partial charge in [0.05, 0.1) is 14.4 Å². The predicted octanol–water partition coefficient (Wildman–Crippen LogP) is 2.90. The van der Waals surface area contributed by atoms with E-state index in [4.69, 9.17) is 0 Å². The monoisotopic (exact) mass is 284 g/mol. The number of thiophene rings is 1. The van der Waals surface area contributed by atoms with Crippen molar-refractivity contribution < 1.29 is 4.79 Å². The molecule has 0 aliphatic carbocycles. The molecule has 0 radical (unpaired) electrons. The second kappa shape index (κ2) is 4.28. The Morgan fingerprint density at radius 2 is 2.33 bits per heavy atom. The van der Waals surface area contributed by atoms with Crippen molar-refractivity contribution in [3.05, 3.63) is 38.8 Å². The average molecular weight is 285 g/mol. The predicted molar refractivity (Wildman–Crippen MR) is 63.3 cm³/mol. The van der Waals surface area contributed by atoms with Crippen molar-refractivity contribution in [1.82, 2.24) is 9.78 Å². The summed E-state index contributed by atoms with van der Waals surface area (Å²) in [7, 11) is 0. The number of nitrogens with zero attached hydrogens (tertiary/aromatic N) is 2. The van der Waals surface area contributed by atoms with Gasteiger partial charge in [-0.3, -0.25) is 9.48 Å². The zero-order chi connectivity index (χ0) is 10.8. The zero-order valence-electron chi connectivity index (χ0n) is 8.11. The molecule has 0 amide bonds. The van der Waals surface area contributed by atoms with Gasteiger partial charge in [-0.25, -0.2) is 0 Å². The van der Waals surface area contributed by atoms with Crippen LogP contribution in [-0.2, 0) is 6.54 Å². The molecule has 0 saturated heterocycles. The van der Waals surface area contributed by atoms with Crippen molar-refractivity contribution in [3.63, 3.8) is 0 Å². The molecular formula is C10H9BrN2OS. The van der Waals surface area contributed by atoms with Gasteiger partial charge in [-0.15, -0.1) is 11.3 Å². The highest BCUT2D eigenvalue weighted by Gasteiger charge is 2.09. The van der Waals surface area contributed by atoms with Crippen LogP contribution in [-0.4, -0.2) is 15.6 Å². The second-order valence-corrected chi connectivity index (χ2v) is 5.64. The van der Waals surface area contributed by atoms with Crippen molar-refractivity contribution in [2.24, 2.45) is 0 Å². The number of aromatic nitrogens is 2. The molecule has 3 nitrogen and oxygen atoms in total. The van der Waals surface area contributed by atoms with Crippen molar-refractivity contribution in [2.75, 3.05) is 0 Å². The normalized spacial score (nSPS) is 10.5. The molecular weight excluding hydrogens is 276 g/mol. The van der Waals surface area contributed by atoms with Gasteiger partial charge in [-0.1, -0.05) is 0 Å². The van der Waals surface area contributed by atoms with Crippen molar-refractivity contribution >= 4 is 33.0 Å². The summed E-state index contributed by atoms with van der Waals surface area (Å²) < 4.78 is 2.63. The largest absolute Gasteiger partial charge is 0.291 e. The van der Waals surface area contributed by atoms with E-state index in [1.165, 1.54) is 11.3 Å². The van der Waals surface area contributed by atoms with Gasteiger partial charge in [-0.05, 0) is 41.1 Å². The zero-order valence-corrected chi connectivity index (χ0v) is 10.5. The highest BCUT2D eigenvalue weighted by Crippen LogP contribution is 2.22. The molecule has 2 aromatic rings. The Hall–Kier alpha value is -0.940. The van der Waals surface area contributed by atoms with Gasteiger partial charge in [0.25, 0.3) is 0 Å². The summed E-state index contributed by atoms with van der Waals surface area (Å²) in [4.78, 5) is 12.5. The average Bonchev–Trinajstić information content (AvgIpc) is 2.75. The highest BCUT2D eigenvalue weighted by atomic mass is 79.9. The lowest BCUT2D eigenvalue weighted by Gasteiger charge is -1.97. The summed E-state index contributed by atoms with van der Waals surface area (Å²) in [6, 6.07) is 5.59. The number of ketones is 1. The van der Waals surface area contributed by atoms with E-state index in [0.717, 1.165) is 14.4 Å². The smallest absolute Gasteiger partial charge is 0.194 e. The fraction of sp³-hybridized carbons (Fsp3) is 0.200. The van der Waals surface area contributed by atoms with Crippen LogP contribution in [0.5, 0.6) is 0 Å². The minimum atomic E-state index is 0.0915. The van der Waals surface area contributed by atoms with Crippen LogP contribution in [0.4, 0.5) is 0 Å². The van der Waals surface area contributed by atoms with Gasteiger partial charge in [0.1, 0.15) is 6.54 Å². The van der Waals surface area contributed by atoms with Gasteiger partial charge in [0.2, 0.25) is 0 Å². The van der Waals surface area contributed by atoms with Gasteiger partial charge in [0, 0.05) is 6.20 Å². The first-order chi connectivity index (χ1) is 7.15. The SMILES string of the molecule is Cc1ccn(CC(=O)c2ccc(Br)s2)n1. The molecule has 0 atom stereocenters. The van der Waals surface area contributed by atoms with E-state index in [9.17, 15) is 4.79 Å². The Kier molecular flexibility index (Phi) is 3.02. The summed E-state index contributed by atoms with van der Waals surface area (Å²) in [5.74, 6) is 0.0915. The molecule has 0 bridgehead atoms. The van der Waals surface area contributed by atoms with E-state index >= 15 is 0 Å². The minimum Gasteiger partial charge on any atom is -0.291 e. The summed E-state index contributed by atoms with van der Waals surface area (Å²) in [6.07, 6.45) is 1.82. The molecule has 2 aromatic heterocycles. The van der Waals surface area contributed by atoms with Gasteiger partial charge in [-0.2, -0.15) is 5.10 Å². The van der Waals surface area contributed by atoms with Crippen LogP contribution in [0.15, 0.2) is 28.2 Å². The molecule has 2 rings (SSSR count). The number of carbonyl (C=O) groups is 1. The molecule has 0 aliphatic heterocycles. The van der Waals surface area contributed by atoms with Crippen molar-refractivity contribution in [2.45, 2.75) is 13.5 Å². The first-order valence-corrected chi connectivity index (χ1v) is 6.05. The summed E-state index contributed by atoms with van der Waals surface area (Å²) in [5, 5.41) is 4.17. The Morgan fingerprint density at radius 3 is 2.87 bits per heavy atom. The molecule has 2 heterocycles. The third-order valence-electron chi connectivity index (χ3n) is 1.93. The number of hydrogen-bond donors (Lipinski definition) is 0. The first kappa shape index (κ1) is 10.6. The maximum absolute atomic E-state index is 11.8. The van der Waals surface area contributed by atoms with Crippen molar-refractivity contribution in [1.29, 1.82) is 0 Å². The van der Waals surface area contributed by atoms with Crippen LogP contribution in [0.25, 0.3) is 0 Å². The number of carbonyl (C=O) groups excluding carboxylic acids is 1. The highest BCUT2D eigenvalue weighted by molar-refractivity contribution is 9.11. The molecule has 15 heavy (non-hydrogen) atoms. The van der Waals surface area contributed by atoms with E-state index in [0.29, 0.717) is 6.54 Å². The number of halogens is 1. The Morgan fingerprint density at radius 1 is 1.53 bits per heavy atom. The lowest BCUT2D eigenvalue weighted by Crippen LogP contribution is -2.09. The molecule has 78 valence electrons. The third kappa shape index (κ3) is 2.54. The quantitative estimate of drug-likeness (QED) is 0.813. The topological polar surface area (TPSA) is 34.9 Å². The summed E-state index contributed by atoms with van der Waals surface area (Å²) in [6.45, 7) is 2.21. The maximum atomic E-state index is 11.8. The fourth-order valence-electron chi connectivity index (χ4n) is 1.24. The third-order valence-corrected chi connectivity index (χ3v) is 3.59. The van der Waals surface area contributed by atoms with Gasteiger partial charge < -0.3 is 0 Å². The van der Waals surface area contributed by atoms with E-state index in [1.54, 1.807) is 4.68 Å². The molecule has 0 spiro atoms. The molecule has 0 N–H and O–H groups in total. The van der Waals surface area contributed by atoms with Gasteiger partial charge >= 0.3 is 0 Å². The number of Topliss-reactive ketones (excluding diaryl/α,β-unsaturated/α-hetero) is 1. The maximum Gasteiger partial charge on any atom is 0.194 e. The van der Waals surface area contributed by atoms with Crippen LogP contribution in [0, 0.1) is 6.92 Å². The van der Waals surface area contributed by atoms with Crippen LogP contribution < -0.4 is 0 Å². The molecule has 0 unspecified atom stereocenters. The molecule has 0 aliphatic rings. The van der Waals surface area contributed by atoms with Gasteiger partial charge in [0.15, 0.2) is 5.78 Å². The van der Waals surface area contributed by atoms with Crippen molar-refractivity contribution in [3.8, 4) is 0 Å². The Labute approximate surface area is 99.9 Å². The molecule has 0 saturated carbocycles. The second-order valence-electron chi connectivity index (χ2n) is 3.18. The number of hydrogen-bond acceptors (Lipinski definition) is 3. The lowest BCUT2D eigenvalue weighted by atomic mass is 10.3. The van der Waals surface area contributed by atoms with E-state index in [-0.39, 0.29) is 5.78 Å². The van der Waals surface area contributed by atoms with Crippen LogP contribution in [0.1, 0.15) is 15.4 Å². The Bertz CT molecular complexity index is 489. The van der Waals surface area contributed by atoms with E-state index in [1.807, 2.05) is 31.3 Å². The minimum absolute atomic E-state index is 0.0915. The van der Waals surface area contributed by atoms with Crippen LogP contribution >= 0.6 is 27.3 Å². The molecule has 0 aromatic carbocycles. The molecule has 0 fully saturated rings. The lowest BCUT2D eigenvalue weighted by molar-refractivity contribution is 0.0971. The fourth-order valence-corrected chi connectivity index (χ4v) is 2.56.